The molecule has 1 aromatic rings. The van der Waals surface area contributed by atoms with Gasteiger partial charge in [-0.1, -0.05) is 30.3 Å². The first kappa shape index (κ1) is 18.4. The van der Waals surface area contributed by atoms with Crippen LogP contribution in [0.15, 0.2) is 30.3 Å². The van der Waals surface area contributed by atoms with Gasteiger partial charge in [0.05, 0.1) is 11.7 Å². The maximum absolute atomic E-state index is 12.9. The van der Waals surface area contributed by atoms with Crippen molar-refractivity contribution in [2.45, 2.75) is 39.0 Å². The lowest BCUT2D eigenvalue weighted by molar-refractivity contribution is -0.141. The van der Waals surface area contributed by atoms with Crippen molar-refractivity contribution < 1.29 is 13.2 Å². The van der Waals surface area contributed by atoms with E-state index in [9.17, 15) is 13.2 Å². The molecular weight excluding hydrogens is 336 g/mol. The molecule has 2 aliphatic heterocycles. The minimum absolute atomic E-state index is 0.0319. The van der Waals surface area contributed by atoms with E-state index >= 15 is 0 Å². The second kappa shape index (κ2) is 7.08. The van der Waals surface area contributed by atoms with Crippen LogP contribution >= 0.6 is 0 Å². The predicted molar refractivity (Wildman–Crippen MR) is 98.8 cm³/mol. The first-order chi connectivity index (χ1) is 11.9. The molecule has 2 heterocycles. The number of piperidine rings is 2. The van der Waals surface area contributed by atoms with E-state index < -0.39 is 10.0 Å². The highest BCUT2D eigenvalue weighted by molar-refractivity contribution is 7.89. The minimum atomic E-state index is -3.12. The van der Waals surface area contributed by atoms with Gasteiger partial charge in [-0.25, -0.2) is 12.7 Å². The van der Waals surface area contributed by atoms with Gasteiger partial charge in [-0.2, -0.15) is 0 Å². The Balaban J connectivity index is 1.82. The summed E-state index contributed by atoms with van der Waals surface area (Å²) in [5, 5.41) is 0. The van der Waals surface area contributed by atoms with Gasteiger partial charge in [-0.05, 0) is 44.1 Å². The highest BCUT2D eigenvalue weighted by Gasteiger charge is 2.46. The van der Waals surface area contributed by atoms with Crippen LogP contribution in [0, 0.1) is 5.41 Å². The molecule has 5 nitrogen and oxygen atoms in total. The van der Waals surface area contributed by atoms with Crippen LogP contribution < -0.4 is 0 Å². The number of carbonyl (C=O) groups is 1. The van der Waals surface area contributed by atoms with Crippen LogP contribution in [0.5, 0.6) is 0 Å². The molecule has 2 aliphatic rings. The Labute approximate surface area is 151 Å². The molecule has 0 aromatic heterocycles. The summed E-state index contributed by atoms with van der Waals surface area (Å²) >= 11 is 0. The zero-order valence-corrected chi connectivity index (χ0v) is 16.0. The third-order valence-corrected chi connectivity index (χ3v) is 7.78. The van der Waals surface area contributed by atoms with E-state index in [1.54, 1.807) is 11.2 Å². The largest absolute Gasteiger partial charge is 0.342 e. The molecule has 2 saturated heterocycles. The van der Waals surface area contributed by atoms with E-state index in [0.29, 0.717) is 19.6 Å². The van der Waals surface area contributed by atoms with Gasteiger partial charge < -0.3 is 4.90 Å². The fraction of sp³-hybridized carbons (Fsp3) is 0.632. The van der Waals surface area contributed by atoms with Crippen LogP contribution in [0.3, 0.4) is 0 Å². The Morgan fingerprint density at radius 3 is 2.32 bits per heavy atom. The number of sulfonamides is 1. The molecule has 1 aromatic carbocycles. The Morgan fingerprint density at radius 2 is 1.76 bits per heavy atom. The van der Waals surface area contributed by atoms with Crippen molar-refractivity contribution in [3.05, 3.63) is 35.9 Å². The quantitative estimate of drug-likeness (QED) is 0.825. The zero-order valence-electron chi connectivity index (χ0n) is 15.1. The first-order valence-corrected chi connectivity index (χ1v) is 10.8. The summed E-state index contributed by atoms with van der Waals surface area (Å²) in [5.41, 5.74) is 1.11. The van der Waals surface area contributed by atoms with Crippen LogP contribution in [-0.4, -0.2) is 55.5 Å². The number of rotatable bonds is 4. The zero-order chi connectivity index (χ0) is 18.1. The van der Waals surface area contributed by atoms with Gasteiger partial charge in [0.1, 0.15) is 0 Å². The van der Waals surface area contributed by atoms with E-state index in [2.05, 4.69) is 0 Å². The number of hydrogen-bond donors (Lipinski definition) is 0. The van der Waals surface area contributed by atoms with Crippen molar-refractivity contribution in [3.63, 3.8) is 0 Å². The van der Waals surface area contributed by atoms with Crippen LogP contribution in [0.2, 0.25) is 0 Å². The molecule has 25 heavy (non-hydrogen) atoms. The normalized spacial score (nSPS) is 24.6. The summed E-state index contributed by atoms with van der Waals surface area (Å²) in [6.45, 7) is 6.33. The second-order valence-corrected chi connectivity index (χ2v) is 9.58. The standard InChI is InChI=1S/C19H28N2O3S/c1-3-20-15-19(10-12-21(13-11-19)25(23,24)4-2)14-17(18(20)22)16-8-6-5-7-9-16/h5-9,17H,3-4,10-15H2,1-2H3/t17-/m1/s1. The molecule has 0 aliphatic carbocycles. The van der Waals surface area contributed by atoms with E-state index in [0.717, 1.165) is 31.4 Å². The Morgan fingerprint density at radius 1 is 1.12 bits per heavy atom. The van der Waals surface area contributed by atoms with Crippen molar-refractivity contribution in [1.82, 2.24) is 9.21 Å². The number of carbonyl (C=O) groups excluding carboxylic acids is 1. The molecular formula is C19H28N2O3S. The second-order valence-electron chi connectivity index (χ2n) is 7.32. The van der Waals surface area contributed by atoms with Crippen LogP contribution in [0.4, 0.5) is 0 Å². The lowest BCUT2D eigenvalue weighted by atomic mass is 9.68. The van der Waals surface area contributed by atoms with E-state index in [4.69, 9.17) is 0 Å². The van der Waals surface area contributed by atoms with Crippen molar-refractivity contribution in [1.29, 1.82) is 0 Å². The molecule has 0 bridgehead atoms. The molecule has 0 N–H and O–H groups in total. The van der Waals surface area contributed by atoms with Gasteiger partial charge in [-0.3, -0.25) is 4.79 Å². The maximum Gasteiger partial charge on any atom is 0.230 e. The highest BCUT2D eigenvalue weighted by Crippen LogP contribution is 2.45. The van der Waals surface area contributed by atoms with Gasteiger partial charge in [0.25, 0.3) is 0 Å². The van der Waals surface area contributed by atoms with Crippen molar-refractivity contribution >= 4 is 15.9 Å². The monoisotopic (exact) mass is 364 g/mol. The first-order valence-electron chi connectivity index (χ1n) is 9.22. The van der Waals surface area contributed by atoms with Crippen molar-refractivity contribution in [2.24, 2.45) is 5.41 Å². The summed E-state index contributed by atoms with van der Waals surface area (Å²) < 4.78 is 25.9. The predicted octanol–water partition coefficient (Wildman–Crippen LogP) is 2.45. The van der Waals surface area contributed by atoms with E-state index in [1.165, 1.54) is 0 Å². The third kappa shape index (κ3) is 3.60. The molecule has 0 radical (unpaired) electrons. The lowest BCUT2D eigenvalue weighted by Gasteiger charge is -2.49. The van der Waals surface area contributed by atoms with Gasteiger partial charge >= 0.3 is 0 Å². The number of amides is 1. The fourth-order valence-electron chi connectivity index (χ4n) is 4.28. The average molecular weight is 365 g/mol. The molecule has 6 heteroatoms. The highest BCUT2D eigenvalue weighted by atomic mass is 32.2. The van der Waals surface area contributed by atoms with E-state index in [-0.39, 0.29) is 23.0 Å². The van der Waals surface area contributed by atoms with Crippen LogP contribution in [-0.2, 0) is 14.8 Å². The van der Waals surface area contributed by atoms with Gasteiger partial charge in [0.15, 0.2) is 0 Å². The van der Waals surface area contributed by atoms with Gasteiger partial charge in [0.2, 0.25) is 15.9 Å². The number of likely N-dealkylation sites (N-methyl/N-ethyl adjacent to an activating group) is 1. The number of benzene rings is 1. The van der Waals surface area contributed by atoms with Gasteiger partial charge in [-0.15, -0.1) is 0 Å². The minimum Gasteiger partial charge on any atom is -0.342 e. The fourth-order valence-corrected chi connectivity index (χ4v) is 5.39. The van der Waals surface area contributed by atoms with Crippen molar-refractivity contribution in [3.8, 4) is 0 Å². The maximum atomic E-state index is 12.9. The summed E-state index contributed by atoms with van der Waals surface area (Å²) in [7, 11) is -3.12. The molecule has 1 spiro atoms. The van der Waals surface area contributed by atoms with E-state index in [1.807, 2.05) is 42.2 Å². The number of hydrogen-bond acceptors (Lipinski definition) is 3. The summed E-state index contributed by atoms with van der Waals surface area (Å²) in [6.07, 6.45) is 2.49. The smallest absolute Gasteiger partial charge is 0.230 e. The molecule has 138 valence electrons. The van der Waals surface area contributed by atoms with Crippen LogP contribution in [0.25, 0.3) is 0 Å². The summed E-state index contributed by atoms with van der Waals surface area (Å²) in [4.78, 5) is 14.8. The Bertz CT molecular complexity index is 709. The molecule has 1 atom stereocenters. The number of nitrogens with zero attached hydrogens (tertiary/aromatic N) is 2. The SMILES string of the molecule is CCN1CC2(CCN(S(=O)(=O)CC)CC2)C[C@H](c2ccccc2)C1=O. The molecule has 0 unspecified atom stereocenters. The van der Waals surface area contributed by atoms with Crippen LogP contribution in [0.1, 0.15) is 44.6 Å². The lowest BCUT2D eigenvalue weighted by Crippen LogP contribution is -2.54. The average Bonchev–Trinajstić information content (AvgIpc) is 2.64. The number of likely N-dealkylation sites (tertiary alicyclic amines) is 1. The van der Waals surface area contributed by atoms with Gasteiger partial charge in [0, 0.05) is 26.2 Å². The van der Waals surface area contributed by atoms with Crippen molar-refractivity contribution in [2.75, 3.05) is 31.9 Å². The Kier molecular flexibility index (Phi) is 5.21. The molecule has 0 saturated carbocycles. The topological polar surface area (TPSA) is 57.7 Å². The summed E-state index contributed by atoms with van der Waals surface area (Å²) in [5.74, 6) is 0.263. The Hall–Kier alpha value is -1.40. The molecule has 3 rings (SSSR count). The third-order valence-electron chi connectivity index (χ3n) is 5.90. The molecule has 2 fully saturated rings. The molecule has 1 amide bonds. The summed E-state index contributed by atoms with van der Waals surface area (Å²) in [6, 6.07) is 10.0.